The molecule has 0 saturated heterocycles. The molecule has 19 heavy (non-hydrogen) atoms. The van der Waals surface area contributed by atoms with Crippen molar-refractivity contribution in [2.45, 2.75) is 27.2 Å². The molecule has 2 aromatic rings. The summed E-state index contributed by atoms with van der Waals surface area (Å²) in [6, 6.07) is 3.74. The predicted octanol–water partition coefficient (Wildman–Crippen LogP) is 3.97. The van der Waals surface area contributed by atoms with Gasteiger partial charge in [0.1, 0.15) is 5.82 Å². The lowest BCUT2D eigenvalue weighted by molar-refractivity contribution is 0.575. The molecule has 0 fully saturated rings. The second kappa shape index (κ2) is 6.36. The fourth-order valence-electron chi connectivity index (χ4n) is 1.82. The van der Waals surface area contributed by atoms with Crippen molar-refractivity contribution < 1.29 is 4.42 Å². The van der Waals surface area contributed by atoms with Gasteiger partial charge in [0, 0.05) is 6.54 Å². The first-order valence-corrected chi connectivity index (χ1v) is 7.53. The molecule has 0 unspecified atom stereocenters. The van der Waals surface area contributed by atoms with E-state index in [4.69, 9.17) is 4.42 Å². The highest BCUT2D eigenvalue weighted by atomic mass is 127. The molecule has 0 aliphatic carbocycles. The van der Waals surface area contributed by atoms with Crippen molar-refractivity contribution in [3.05, 3.63) is 27.7 Å². The second-order valence-electron chi connectivity index (χ2n) is 4.76. The van der Waals surface area contributed by atoms with E-state index >= 15 is 0 Å². The summed E-state index contributed by atoms with van der Waals surface area (Å²) < 4.78 is 6.50. The molecule has 0 spiro atoms. The van der Waals surface area contributed by atoms with Crippen LogP contribution in [0.2, 0.25) is 0 Å². The first-order valence-electron chi connectivity index (χ1n) is 6.46. The molecule has 0 radical (unpaired) electrons. The van der Waals surface area contributed by atoms with Gasteiger partial charge in [-0.25, -0.2) is 9.97 Å². The second-order valence-corrected chi connectivity index (χ2v) is 5.84. The van der Waals surface area contributed by atoms with Crippen LogP contribution in [0.4, 0.5) is 5.82 Å². The van der Waals surface area contributed by atoms with Crippen LogP contribution in [-0.4, -0.2) is 16.5 Å². The summed E-state index contributed by atoms with van der Waals surface area (Å²) in [6.45, 7) is 7.29. The zero-order chi connectivity index (χ0) is 13.8. The lowest BCUT2D eigenvalue weighted by Crippen LogP contribution is -2.09. The molecule has 0 saturated carbocycles. The van der Waals surface area contributed by atoms with E-state index in [-0.39, 0.29) is 0 Å². The van der Waals surface area contributed by atoms with Crippen LogP contribution < -0.4 is 5.32 Å². The molecule has 2 rings (SSSR count). The van der Waals surface area contributed by atoms with E-state index in [1.54, 1.807) is 6.26 Å². The number of rotatable bonds is 5. The highest BCUT2D eigenvalue weighted by Gasteiger charge is 2.15. The molecule has 5 heteroatoms. The van der Waals surface area contributed by atoms with Gasteiger partial charge in [-0.3, -0.25) is 0 Å². The Balaban J connectivity index is 2.47. The monoisotopic (exact) mass is 371 g/mol. The molecular formula is C14H18IN3O. The van der Waals surface area contributed by atoms with E-state index < -0.39 is 0 Å². The van der Waals surface area contributed by atoms with Crippen LogP contribution >= 0.6 is 22.6 Å². The van der Waals surface area contributed by atoms with Gasteiger partial charge in [0.05, 0.1) is 15.5 Å². The van der Waals surface area contributed by atoms with Gasteiger partial charge in [-0.2, -0.15) is 0 Å². The summed E-state index contributed by atoms with van der Waals surface area (Å²) in [6.07, 6.45) is 2.58. The van der Waals surface area contributed by atoms with Gasteiger partial charge in [-0.1, -0.05) is 13.8 Å². The van der Waals surface area contributed by atoms with Gasteiger partial charge < -0.3 is 9.73 Å². The molecule has 2 heterocycles. The first-order chi connectivity index (χ1) is 9.11. The van der Waals surface area contributed by atoms with Crippen LogP contribution in [0.5, 0.6) is 0 Å². The van der Waals surface area contributed by atoms with E-state index in [9.17, 15) is 0 Å². The molecule has 4 nitrogen and oxygen atoms in total. The molecule has 0 aliphatic heterocycles. The summed E-state index contributed by atoms with van der Waals surface area (Å²) in [5.41, 5.74) is 1.08. The zero-order valence-corrected chi connectivity index (χ0v) is 13.6. The summed E-state index contributed by atoms with van der Waals surface area (Å²) in [4.78, 5) is 9.19. The lowest BCUT2D eigenvalue weighted by atomic mass is 10.1. The van der Waals surface area contributed by atoms with E-state index in [0.717, 1.165) is 28.0 Å². The average molecular weight is 371 g/mol. The number of anilines is 1. The number of halogens is 1. The Hall–Kier alpha value is -1.11. The van der Waals surface area contributed by atoms with Crippen LogP contribution in [-0.2, 0) is 6.42 Å². The maximum Gasteiger partial charge on any atom is 0.197 e. The van der Waals surface area contributed by atoms with E-state index in [0.29, 0.717) is 17.5 Å². The van der Waals surface area contributed by atoms with Gasteiger partial charge in [0.25, 0.3) is 0 Å². The quantitative estimate of drug-likeness (QED) is 0.809. The van der Waals surface area contributed by atoms with Gasteiger partial charge >= 0.3 is 0 Å². The SMILES string of the molecule is CCNc1nc(-c2ccco2)nc(CC(C)C)c1I. The summed E-state index contributed by atoms with van der Waals surface area (Å²) in [7, 11) is 0. The highest BCUT2D eigenvalue weighted by Crippen LogP contribution is 2.25. The number of hydrogen-bond donors (Lipinski definition) is 1. The van der Waals surface area contributed by atoms with Crippen LogP contribution in [0.1, 0.15) is 26.5 Å². The topological polar surface area (TPSA) is 51.0 Å². The predicted molar refractivity (Wildman–Crippen MR) is 85.2 cm³/mol. The first kappa shape index (κ1) is 14.3. The minimum atomic E-state index is 0.558. The average Bonchev–Trinajstić information content (AvgIpc) is 2.87. The third kappa shape index (κ3) is 3.46. The molecule has 0 aromatic carbocycles. The van der Waals surface area contributed by atoms with Gasteiger partial charge in [-0.05, 0) is 54.0 Å². The largest absolute Gasteiger partial charge is 0.461 e. The number of nitrogens with one attached hydrogen (secondary N) is 1. The zero-order valence-electron chi connectivity index (χ0n) is 11.4. The van der Waals surface area contributed by atoms with Crippen molar-refractivity contribution in [1.29, 1.82) is 0 Å². The number of furan rings is 1. The fraction of sp³-hybridized carbons (Fsp3) is 0.429. The maximum atomic E-state index is 5.40. The van der Waals surface area contributed by atoms with Crippen LogP contribution in [0.15, 0.2) is 22.8 Å². The molecule has 102 valence electrons. The molecule has 1 N–H and O–H groups in total. The van der Waals surface area contributed by atoms with Crippen molar-refractivity contribution >= 4 is 28.4 Å². The van der Waals surface area contributed by atoms with Gasteiger partial charge in [0.2, 0.25) is 0 Å². The van der Waals surface area contributed by atoms with Crippen molar-refractivity contribution in [3.8, 4) is 11.6 Å². The Morgan fingerprint density at radius 3 is 2.74 bits per heavy atom. The van der Waals surface area contributed by atoms with Crippen LogP contribution in [0, 0.1) is 9.49 Å². The maximum absolute atomic E-state index is 5.40. The Morgan fingerprint density at radius 1 is 1.37 bits per heavy atom. The van der Waals surface area contributed by atoms with Crippen molar-refractivity contribution in [2.24, 2.45) is 5.92 Å². The normalized spacial score (nSPS) is 11.0. The summed E-state index contributed by atoms with van der Waals surface area (Å²) in [5.74, 6) is 2.81. The minimum Gasteiger partial charge on any atom is -0.461 e. The Labute approximate surface area is 127 Å². The van der Waals surface area contributed by atoms with Crippen LogP contribution in [0.25, 0.3) is 11.6 Å². The fourth-order valence-corrected chi connectivity index (χ4v) is 2.47. The third-order valence-corrected chi connectivity index (χ3v) is 3.74. The lowest BCUT2D eigenvalue weighted by Gasteiger charge is -2.12. The summed E-state index contributed by atoms with van der Waals surface area (Å²) >= 11 is 2.31. The third-order valence-electron chi connectivity index (χ3n) is 2.61. The van der Waals surface area contributed by atoms with Crippen molar-refractivity contribution in [2.75, 3.05) is 11.9 Å². The van der Waals surface area contributed by atoms with Gasteiger partial charge in [0.15, 0.2) is 11.6 Å². The molecule has 0 bridgehead atoms. The Bertz CT molecular complexity index is 538. The smallest absolute Gasteiger partial charge is 0.197 e. The number of nitrogens with zero attached hydrogens (tertiary/aromatic N) is 2. The van der Waals surface area contributed by atoms with Gasteiger partial charge in [-0.15, -0.1) is 0 Å². The van der Waals surface area contributed by atoms with Crippen molar-refractivity contribution in [3.63, 3.8) is 0 Å². The van der Waals surface area contributed by atoms with E-state index in [1.165, 1.54) is 0 Å². The Kier molecular flexibility index (Phi) is 4.79. The molecule has 0 aliphatic rings. The molecule has 0 amide bonds. The van der Waals surface area contributed by atoms with Crippen LogP contribution in [0.3, 0.4) is 0 Å². The van der Waals surface area contributed by atoms with E-state index in [1.807, 2.05) is 12.1 Å². The molecule has 2 aromatic heterocycles. The number of hydrogen-bond acceptors (Lipinski definition) is 4. The molecule has 0 atom stereocenters. The van der Waals surface area contributed by atoms with E-state index in [2.05, 4.69) is 58.6 Å². The standard InChI is InChI=1S/C14H18IN3O/c1-4-16-14-12(15)10(8-9(2)3)17-13(18-14)11-6-5-7-19-11/h5-7,9H,4,8H2,1-3H3,(H,16,17,18). The number of aromatic nitrogens is 2. The molecular weight excluding hydrogens is 353 g/mol. The highest BCUT2D eigenvalue weighted by molar-refractivity contribution is 14.1. The van der Waals surface area contributed by atoms with Crippen molar-refractivity contribution in [1.82, 2.24) is 9.97 Å². The minimum absolute atomic E-state index is 0.558. The Morgan fingerprint density at radius 2 is 2.16 bits per heavy atom. The summed E-state index contributed by atoms with van der Waals surface area (Å²) in [5, 5.41) is 3.29.